The number of rotatable bonds is 6. The van der Waals surface area contributed by atoms with Crippen molar-refractivity contribution in [3.8, 4) is 0 Å². The Kier molecular flexibility index (Phi) is 6.41. The van der Waals surface area contributed by atoms with Gasteiger partial charge in [-0.1, -0.05) is 35.9 Å². The minimum atomic E-state index is -3.92. The van der Waals surface area contributed by atoms with Gasteiger partial charge in [0.15, 0.2) is 0 Å². The Morgan fingerprint density at radius 1 is 0.971 bits per heavy atom. The molecule has 3 aromatic carbocycles. The number of hydrogen-bond acceptors (Lipinski definition) is 5. The summed E-state index contributed by atoms with van der Waals surface area (Å²) in [6, 6.07) is 17.9. The number of benzene rings is 3. The summed E-state index contributed by atoms with van der Waals surface area (Å²) in [5, 5.41) is 8.57. The van der Waals surface area contributed by atoms with Crippen LogP contribution in [-0.4, -0.2) is 24.1 Å². The largest absolute Gasteiger partial charge is 0.324 e. The first-order valence-corrected chi connectivity index (χ1v) is 12.2. The number of aromatic nitrogens is 2. The first-order chi connectivity index (χ1) is 16.1. The van der Waals surface area contributed by atoms with E-state index in [4.69, 9.17) is 11.6 Å². The van der Waals surface area contributed by atoms with Crippen LogP contribution in [0.4, 0.5) is 11.4 Å². The number of hydrogen-bond donors (Lipinski definition) is 2. The molecule has 0 spiro atoms. The molecule has 0 saturated heterocycles. The SMILES string of the molecule is Cc1ccc(NC(=O)Cn2nc(C)c3ccccc3c2=O)cc1S(=O)(=O)Nc1ccc(Cl)cc1. The van der Waals surface area contributed by atoms with E-state index in [1.807, 2.05) is 6.07 Å². The molecule has 1 amide bonds. The van der Waals surface area contributed by atoms with Crippen LogP contribution in [-0.2, 0) is 21.4 Å². The summed E-state index contributed by atoms with van der Waals surface area (Å²) in [6.07, 6.45) is 0. The van der Waals surface area contributed by atoms with Crippen LogP contribution < -0.4 is 15.6 Å². The van der Waals surface area contributed by atoms with E-state index < -0.39 is 15.9 Å². The number of nitrogens with one attached hydrogen (secondary N) is 2. The number of halogens is 1. The summed E-state index contributed by atoms with van der Waals surface area (Å²) < 4.78 is 29.5. The summed E-state index contributed by atoms with van der Waals surface area (Å²) >= 11 is 5.86. The molecule has 4 aromatic rings. The predicted octanol–water partition coefficient (Wildman–Crippen LogP) is 4.11. The van der Waals surface area contributed by atoms with Crippen LogP contribution >= 0.6 is 11.6 Å². The number of fused-ring (bicyclic) bond motifs is 1. The monoisotopic (exact) mass is 496 g/mol. The zero-order valence-electron chi connectivity index (χ0n) is 18.4. The minimum Gasteiger partial charge on any atom is -0.324 e. The van der Waals surface area contributed by atoms with E-state index in [2.05, 4.69) is 15.1 Å². The molecule has 4 rings (SSSR count). The lowest BCUT2D eigenvalue weighted by Crippen LogP contribution is -2.30. The summed E-state index contributed by atoms with van der Waals surface area (Å²) in [5.74, 6) is -0.512. The Hall–Kier alpha value is -3.69. The number of aryl methyl sites for hydroxylation is 2. The van der Waals surface area contributed by atoms with Gasteiger partial charge in [0.05, 0.1) is 16.0 Å². The maximum atomic E-state index is 12.9. The van der Waals surface area contributed by atoms with Gasteiger partial charge < -0.3 is 5.32 Å². The zero-order valence-corrected chi connectivity index (χ0v) is 19.9. The van der Waals surface area contributed by atoms with Gasteiger partial charge in [-0.25, -0.2) is 13.1 Å². The van der Waals surface area contributed by atoms with Gasteiger partial charge in [-0.3, -0.25) is 14.3 Å². The summed E-state index contributed by atoms with van der Waals surface area (Å²) in [7, 11) is -3.92. The number of anilines is 2. The highest BCUT2D eigenvalue weighted by Gasteiger charge is 2.19. The average molecular weight is 497 g/mol. The fourth-order valence-electron chi connectivity index (χ4n) is 3.54. The molecule has 0 unspecified atom stereocenters. The van der Waals surface area contributed by atoms with E-state index in [0.717, 1.165) is 10.1 Å². The first kappa shape index (κ1) is 23.5. The Bertz CT molecular complexity index is 1560. The maximum Gasteiger partial charge on any atom is 0.275 e. The molecule has 0 radical (unpaired) electrons. The van der Waals surface area contributed by atoms with Crippen LogP contribution in [0.25, 0.3) is 10.8 Å². The van der Waals surface area contributed by atoms with Crippen molar-refractivity contribution >= 4 is 49.7 Å². The van der Waals surface area contributed by atoms with Crippen molar-refractivity contribution < 1.29 is 13.2 Å². The minimum absolute atomic E-state index is 0.0112. The van der Waals surface area contributed by atoms with Crippen molar-refractivity contribution in [1.82, 2.24) is 9.78 Å². The van der Waals surface area contributed by atoms with Crippen molar-refractivity contribution in [1.29, 1.82) is 0 Å². The molecule has 0 bridgehead atoms. The molecule has 0 saturated carbocycles. The van der Waals surface area contributed by atoms with Gasteiger partial charge in [0.25, 0.3) is 15.6 Å². The molecule has 2 N–H and O–H groups in total. The normalized spacial score (nSPS) is 11.4. The zero-order chi connectivity index (χ0) is 24.5. The molecule has 0 fully saturated rings. The van der Waals surface area contributed by atoms with Crippen molar-refractivity contribution in [2.45, 2.75) is 25.3 Å². The Balaban J connectivity index is 1.56. The van der Waals surface area contributed by atoms with Crippen molar-refractivity contribution in [3.05, 3.63) is 93.4 Å². The molecule has 174 valence electrons. The quantitative estimate of drug-likeness (QED) is 0.417. The van der Waals surface area contributed by atoms with Gasteiger partial charge in [0.1, 0.15) is 6.54 Å². The third kappa shape index (κ3) is 4.95. The molecular formula is C24H21ClN4O4S. The Morgan fingerprint density at radius 3 is 2.32 bits per heavy atom. The Labute approximate surface area is 201 Å². The summed E-state index contributed by atoms with van der Waals surface area (Å²) in [4.78, 5) is 25.4. The predicted molar refractivity (Wildman–Crippen MR) is 133 cm³/mol. The second-order valence-corrected chi connectivity index (χ2v) is 9.82. The third-order valence-corrected chi connectivity index (χ3v) is 6.98. The lowest BCUT2D eigenvalue weighted by Gasteiger charge is -2.13. The fraction of sp³-hybridized carbons (Fsp3) is 0.125. The van der Waals surface area contributed by atoms with Crippen LogP contribution in [0.3, 0.4) is 0 Å². The summed E-state index contributed by atoms with van der Waals surface area (Å²) in [5.41, 5.74) is 1.38. The van der Waals surface area contributed by atoms with E-state index in [9.17, 15) is 18.0 Å². The van der Waals surface area contributed by atoms with Crippen LogP contribution in [0.2, 0.25) is 5.02 Å². The van der Waals surface area contributed by atoms with E-state index in [1.54, 1.807) is 68.4 Å². The molecular weight excluding hydrogens is 476 g/mol. The molecule has 0 aliphatic heterocycles. The van der Waals surface area contributed by atoms with E-state index >= 15 is 0 Å². The lowest BCUT2D eigenvalue weighted by atomic mass is 10.1. The number of carbonyl (C=O) groups is 1. The van der Waals surface area contributed by atoms with Gasteiger partial charge in [-0.2, -0.15) is 5.10 Å². The van der Waals surface area contributed by atoms with Gasteiger partial charge in [0, 0.05) is 21.8 Å². The van der Waals surface area contributed by atoms with Gasteiger partial charge in [-0.05, 0) is 61.9 Å². The molecule has 10 heteroatoms. The topological polar surface area (TPSA) is 110 Å². The number of carbonyl (C=O) groups excluding carboxylic acids is 1. The van der Waals surface area contributed by atoms with Gasteiger partial charge >= 0.3 is 0 Å². The molecule has 34 heavy (non-hydrogen) atoms. The fourth-order valence-corrected chi connectivity index (χ4v) is 5.00. The number of sulfonamides is 1. The number of nitrogens with zero attached hydrogens (tertiary/aromatic N) is 2. The average Bonchev–Trinajstić information content (AvgIpc) is 2.80. The van der Waals surface area contributed by atoms with E-state index in [1.165, 1.54) is 6.07 Å². The second kappa shape index (κ2) is 9.28. The Morgan fingerprint density at radius 2 is 1.62 bits per heavy atom. The molecule has 8 nitrogen and oxygen atoms in total. The highest BCUT2D eigenvalue weighted by molar-refractivity contribution is 7.92. The van der Waals surface area contributed by atoms with Crippen molar-refractivity contribution in [2.24, 2.45) is 0 Å². The van der Waals surface area contributed by atoms with Crippen LogP contribution in [0.15, 0.2) is 76.4 Å². The van der Waals surface area contributed by atoms with Crippen LogP contribution in [0.1, 0.15) is 11.3 Å². The lowest BCUT2D eigenvalue weighted by molar-refractivity contribution is -0.117. The van der Waals surface area contributed by atoms with E-state index in [0.29, 0.717) is 27.4 Å². The van der Waals surface area contributed by atoms with Crippen LogP contribution in [0, 0.1) is 13.8 Å². The molecule has 0 atom stereocenters. The smallest absolute Gasteiger partial charge is 0.275 e. The van der Waals surface area contributed by atoms with Crippen molar-refractivity contribution in [3.63, 3.8) is 0 Å². The third-order valence-electron chi connectivity index (χ3n) is 5.20. The van der Waals surface area contributed by atoms with E-state index in [-0.39, 0.29) is 22.7 Å². The molecule has 1 aromatic heterocycles. The first-order valence-electron chi connectivity index (χ1n) is 10.3. The molecule has 0 aliphatic carbocycles. The van der Waals surface area contributed by atoms with Gasteiger partial charge in [-0.15, -0.1) is 0 Å². The standard InChI is InChI=1S/C24H21ClN4O4S/c1-15-7-10-19(13-22(15)34(32,33)28-18-11-8-17(25)9-12-18)26-23(30)14-29-24(31)21-6-4-3-5-20(21)16(2)27-29/h3-13,28H,14H2,1-2H3,(H,26,30). The number of amides is 1. The van der Waals surface area contributed by atoms with Crippen LogP contribution in [0.5, 0.6) is 0 Å². The molecule has 0 aliphatic rings. The highest BCUT2D eigenvalue weighted by Crippen LogP contribution is 2.24. The summed E-state index contributed by atoms with van der Waals surface area (Å²) in [6.45, 7) is 3.10. The highest BCUT2D eigenvalue weighted by atomic mass is 35.5. The maximum absolute atomic E-state index is 12.9. The van der Waals surface area contributed by atoms with Gasteiger partial charge in [0.2, 0.25) is 5.91 Å². The second-order valence-electron chi connectivity index (χ2n) is 7.73. The van der Waals surface area contributed by atoms with Crippen molar-refractivity contribution in [2.75, 3.05) is 10.0 Å². The molecule has 1 heterocycles.